The first-order valence-electron chi connectivity index (χ1n) is 10.2. The molecule has 1 amide bonds. The van der Waals surface area contributed by atoms with E-state index in [1.165, 1.54) is 29.7 Å². The van der Waals surface area contributed by atoms with Crippen LogP contribution < -0.4 is 5.43 Å². The van der Waals surface area contributed by atoms with Gasteiger partial charge in [0.2, 0.25) is 0 Å². The standard InChI is InChI=1S/C21H24N6O2/c28-21-16(20(25-26-21)14-5-6-22-23-12-14)11-19-17(13-27-7-9-29-10-8-27)15-3-1-2-4-18(15)24-19/h5-6,11-12,24H,1-4,7-10,13H2,(H,26,28). The second-order valence-electron chi connectivity index (χ2n) is 7.66. The van der Waals surface area contributed by atoms with Gasteiger partial charge in [-0.05, 0) is 49.0 Å². The highest BCUT2D eigenvalue weighted by atomic mass is 16.5. The number of aromatic nitrogens is 3. The van der Waals surface area contributed by atoms with E-state index in [0.717, 1.165) is 56.9 Å². The summed E-state index contributed by atoms with van der Waals surface area (Å²) in [5, 5.41) is 12.0. The summed E-state index contributed by atoms with van der Waals surface area (Å²) in [6, 6.07) is 1.81. The number of hydrogen-bond donors (Lipinski definition) is 2. The van der Waals surface area contributed by atoms with Crippen LogP contribution in [0.15, 0.2) is 29.1 Å². The minimum absolute atomic E-state index is 0.193. The highest BCUT2D eigenvalue weighted by Gasteiger charge is 2.27. The number of rotatable bonds is 4. The van der Waals surface area contributed by atoms with Gasteiger partial charge in [0.15, 0.2) is 0 Å². The number of nitrogens with one attached hydrogen (secondary N) is 2. The van der Waals surface area contributed by atoms with Gasteiger partial charge in [-0.25, -0.2) is 5.43 Å². The molecular formula is C21H24N6O2. The van der Waals surface area contributed by atoms with Crippen LogP contribution >= 0.6 is 0 Å². The van der Waals surface area contributed by atoms with Crippen LogP contribution in [0.1, 0.15) is 40.9 Å². The lowest BCUT2D eigenvalue weighted by Gasteiger charge is -2.27. The number of aryl methyl sites for hydroxylation is 1. The molecule has 0 radical (unpaired) electrons. The summed E-state index contributed by atoms with van der Waals surface area (Å²) >= 11 is 0. The number of aromatic amines is 1. The highest BCUT2D eigenvalue weighted by molar-refractivity contribution is 6.33. The van der Waals surface area contributed by atoms with E-state index < -0.39 is 0 Å². The Kier molecular flexibility index (Phi) is 4.95. The summed E-state index contributed by atoms with van der Waals surface area (Å²) in [5.41, 5.74) is 9.59. The van der Waals surface area contributed by atoms with E-state index >= 15 is 0 Å². The topological polar surface area (TPSA) is 95.5 Å². The Morgan fingerprint density at radius 1 is 1.17 bits per heavy atom. The van der Waals surface area contributed by atoms with Gasteiger partial charge in [0.1, 0.15) is 5.71 Å². The SMILES string of the molecule is O=C1NN=C(c2ccnnc2)C1=Cc1[nH]c2c(c1CN1CCOCC1)CCCC2. The van der Waals surface area contributed by atoms with Crippen LogP contribution in [0, 0.1) is 0 Å². The Morgan fingerprint density at radius 2 is 2.03 bits per heavy atom. The molecule has 0 aromatic carbocycles. The van der Waals surface area contributed by atoms with E-state index in [4.69, 9.17) is 4.74 Å². The molecule has 2 aliphatic heterocycles. The maximum absolute atomic E-state index is 12.5. The fourth-order valence-corrected chi connectivity index (χ4v) is 4.33. The molecule has 0 unspecified atom stereocenters. The van der Waals surface area contributed by atoms with E-state index in [-0.39, 0.29) is 5.91 Å². The first kappa shape index (κ1) is 18.2. The molecule has 1 saturated heterocycles. The van der Waals surface area contributed by atoms with Crippen LogP contribution in [0.4, 0.5) is 0 Å². The maximum atomic E-state index is 12.5. The van der Waals surface area contributed by atoms with Gasteiger partial charge in [0.25, 0.3) is 5.91 Å². The van der Waals surface area contributed by atoms with Crippen molar-refractivity contribution >= 4 is 17.7 Å². The number of carbonyl (C=O) groups excluding carboxylic acids is 1. The minimum atomic E-state index is -0.193. The van der Waals surface area contributed by atoms with Crippen molar-refractivity contribution in [1.29, 1.82) is 0 Å². The average Bonchev–Trinajstić information content (AvgIpc) is 3.30. The number of hydrogen-bond acceptors (Lipinski definition) is 6. The molecule has 0 spiro atoms. The van der Waals surface area contributed by atoms with E-state index in [1.807, 2.05) is 12.1 Å². The van der Waals surface area contributed by atoms with Crippen molar-refractivity contribution in [2.24, 2.45) is 5.10 Å². The lowest BCUT2D eigenvalue weighted by atomic mass is 9.93. The Balaban J connectivity index is 1.53. The Morgan fingerprint density at radius 3 is 2.86 bits per heavy atom. The number of amides is 1. The Labute approximate surface area is 169 Å². The highest BCUT2D eigenvalue weighted by Crippen LogP contribution is 2.30. The van der Waals surface area contributed by atoms with Crippen LogP contribution in [0.25, 0.3) is 6.08 Å². The molecule has 2 aromatic rings. The van der Waals surface area contributed by atoms with Crippen molar-refractivity contribution in [2.45, 2.75) is 32.2 Å². The summed E-state index contributed by atoms with van der Waals surface area (Å²) < 4.78 is 5.51. The Bertz CT molecular complexity index is 973. The quantitative estimate of drug-likeness (QED) is 0.768. The zero-order chi connectivity index (χ0) is 19.6. The molecule has 8 nitrogen and oxygen atoms in total. The van der Waals surface area contributed by atoms with E-state index in [2.05, 4.69) is 30.6 Å². The van der Waals surface area contributed by atoms with Gasteiger partial charge in [-0.2, -0.15) is 15.3 Å². The van der Waals surface area contributed by atoms with Crippen molar-refractivity contribution in [2.75, 3.05) is 26.3 Å². The van der Waals surface area contributed by atoms with Crippen molar-refractivity contribution in [3.8, 4) is 0 Å². The van der Waals surface area contributed by atoms with Gasteiger partial charge in [-0.3, -0.25) is 9.69 Å². The summed E-state index contributed by atoms with van der Waals surface area (Å²) in [5.74, 6) is -0.193. The van der Waals surface area contributed by atoms with Crippen molar-refractivity contribution in [3.63, 3.8) is 0 Å². The number of nitrogens with zero attached hydrogens (tertiary/aromatic N) is 4. The van der Waals surface area contributed by atoms with E-state index in [9.17, 15) is 4.79 Å². The maximum Gasteiger partial charge on any atom is 0.273 e. The van der Waals surface area contributed by atoms with Crippen LogP contribution in [0.5, 0.6) is 0 Å². The molecule has 150 valence electrons. The second kappa shape index (κ2) is 7.88. The predicted octanol–water partition coefficient (Wildman–Crippen LogP) is 1.43. The fourth-order valence-electron chi connectivity index (χ4n) is 4.33. The van der Waals surface area contributed by atoms with Gasteiger partial charge in [-0.1, -0.05) is 0 Å². The van der Waals surface area contributed by atoms with Crippen LogP contribution in [-0.2, 0) is 28.9 Å². The smallest absolute Gasteiger partial charge is 0.273 e. The summed E-state index contributed by atoms with van der Waals surface area (Å²) in [6.45, 7) is 4.30. The normalized spacial score (nSPS) is 21.2. The third-order valence-corrected chi connectivity index (χ3v) is 5.84. The molecule has 2 N–H and O–H groups in total. The number of fused-ring (bicyclic) bond motifs is 1. The van der Waals surface area contributed by atoms with Gasteiger partial charge in [0, 0.05) is 36.6 Å². The number of H-pyrrole nitrogens is 1. The lowest BCUT2D eigenvalue weighted by Crippen LogP contribution is -2.36. The van der Waals surface area contributed by atoms with Crippen molar-refractivity contribution < 1.29 is 9.53 Å². The summed E-state index contributed by atoms with van der Waals surface area (Å²) in [4.78, 5) is 18.6. The summed E-state index contributed by atoms with van der Waals surface area (Å²) in [7, 11) is 0. The van der Waals surface area contributed by atoms with Gasteiger partial charge in [0.05, 0.1) is 31.2 Å². The summed E-state index contributed by atoms with van der Waals surface area (Å²) in [6.07, 6.45) is 9.77. The minimum Gasteiger partial charge on any atom is -0.379 e. The van der Waals surface area contributed by atoms with E-state index in [1.54, 1.807) is 12.4 Å². The molecule has 1 fully saturated rings. The molecule has 0 bridgehead atoms. The largest absolute Gasteiger partial charge is 0.379 e. The van der Waals surface area contributed by atoms with Crippen molar-refractivity contribution in [3.05, 3.63) is 52.1 Å². The van der Waals surface area contributed by atoms with Crippen LogP contribution in [0.3, 0.4) is 0 Å². The molecule has 0 saturated carbocycles. The molecule has 2 aromatic heterocycles. The number of carbonyl (C=O) groups is 1. The molecule has 0 atom stereocenters. The lowest BCUT2D eigenvalue weighted by molar-refractivity contribution is -0.116. The molecule has 1 aliphatic carbocycles. The molecule has 5 rings (SSSR count). The first-order chi connectivity index (χ1) is 14.3. The number of morpholine rings is 1. The number of hydrazone groups is 1. The van der Waals surface area contributed by atoms with Crippen LogP contribution in [-0.4, -0.2) is 58.0 Å². The second-order valence-corrected chi connectivity index (χ2v) is 7.66. The first-order valence-corrected chi connectivity index (χ1v) is 10.2. The Hall–Kier alpha value is -2.84. The zero-order valence-electron chi connectivity index (χ0n) is 16.3. The predicted molar refractivity (Wildman–Crippen MR) is 108 cm³/mol. The molecule has 4 heterocycles. The van der Waals surface area contributed by atoms with Crippen molar-refractivity contribution in [1.82, 2.24) is 25.5 Å². The monoisotopic (exact) mass is 392 g/mol. The molecule has 3 aliphatic rings. The van der Waals surface area contributed by atoms with E-state index in [0.29, 0.717) is 11.3 Å². The molecule has 29 heavy (non-hydrogen) atoms. The zero-order valence-corrected chi connectivity index (χ0v) is 16.3. The average molecular weight is 392 g/mol. The number of ether oxygens (including phenoxy) is 1. The third kappa shape index (κ3) is 3.61. The molecule has 8 heteroatoms. The third-order valence-electron chi connectivity index (χ3n) is 5.84. The van der Waals surface area contributed by atoms with Gasteiger partial charge < -0.3 is 9.72 Å². The van der Waals surface area contributed by atoms with Gasteiger partial charge >= 0.3 is 0 Å². The molecular weight excluding hydrogens is 368 g/mol. The van der Waals surface area contributed by atoms with Crippen LogP contribution in [0.2, 0.25) is 0 Å². The fraction of sp³-hybridized carbons (Fsp3) is 0.429. The van der Waals surface area contributed by atoms with Gasteiger partial charge in [-0.15, -0.1) is 0 Å².